The molecule has 2 unspecified atom stereocenters. The highest BCUT2D eigenvalue weighted by Crippen LogP contribution is 2.31. The third-order valence-corrected chi connectivity index (χ3v) is 6.38. The van der Waals surface area contributed by atoms with Crippen molar-refractivity contribution in [1.29, 1.82) is 0 Å². The molecule has 1 aliphatic heterocycles. The molecule has 0 bridgehead atoms. The summed E-state index contributed by atoms with van der Waals surface area (Å²) in [5, 5.41) is 2.86. The Hall–Kier alpha value is -3.71. The molecule has 0 radical (unpaired) electrons. The zero-order valence-electron chi connectivity index (χ0n) is 18.8. The summed E-state index contributed by atoms with van der Waals surface area (Å²) < 4.78 is 13.5. The first-order chi connectivity index (χ1) is 16.4. The highest BCUT2D eigenvalue weighted by atomic mass is 32.2. The van der Waals surface area contributed by atoms with E-state index in [1.807, 2.05) is 67.6 Å². The van der Waals surface area contributed by atoms with Crippen LogP contribution in [0.3, 0.4) is 0 Å². The maximum absolute atomic E-state index is 13.5. The highest BCUT2D eigenvalue weighted by molar-refractivity contribution is 8.15. The summed E-state index contributed by atoms with van der Waals surface area (Å²) in [6.45, 7) is 3.69. The van der Waals surface area contributed by atoms with Gasteiger partial charge in [0.05, 0.1) is 17.0 Å². The van der Waals surface area contributed by atoms with Crippen LogP contribution in [0.1, 0.15) is 31.0 Å². The Kier molecular flexibility index (Phi) is 7.23. The molecule has 5 nitrogen and oxygen atoms in total. The van der Waals surface area contributed by atoms with Crippen molar-refractivity contribution < 1.29 is 14.0 Å². The number of amides is 2. The predicted molar refractivity (Wildman–Crippen MR) is 136 cm³/mol. The molecule has 0 fully saturated rings. The first-order valence-electron chi connectivity index (χ1n) is 10.9. The zero-order valence-corrected chi connectivity index (χ0v) is 19.6. The van der Waals surface area contributed by atoms with Gasteiger partial charge >= 0.3 is 0 Å². The summed E-state index contributed by atoms with van der Waals surface area (Å²) in [5.41, 5.74) is 2.58. The maximum atomic E-state index is 13.5. The lowest BCUT2D eigenvalue weighted by atomic mass is 10.1. The van der Waals surface area contributed by atoms with Gasteiger partial charge in [-0.2, -0.15) is 0 Å². The fourth-order valence-electron chi connectivity index (χ4n) is 3.47. The molecule has 3 aromatic rings. The Labute approximate surface area is 202 Å². The van der Waals surface area contributed by atoms with Crippen LogP contribution >= 0.6 is 11.8 Å². The predicted octanol–water partition coefficient (Wildman–Crippen LogP) is 5.57. The number of benzene rings is 3. The van der Waals surface area contributed by atoms with Crippen LogP contribution in [0.5, 0.6) is 0 Å². The molecular formula is C27H24FN3O2S. The number of carbonyl (C=O) groups excluding carboxylic acids is 2. The highest BCUT2D eigenvalue weighted by Gasteiger charge is 2.34. The molecule has 3 aromatic carbocycles. The molecule has 1 N–H and O–H groups in total. The van der Waals surface area contributed by atoms with E-state index in [2.05, 4.69) is 10.3 Å². The minimum absolute atomic E-state index is 0.161. The van der Waals surface area contributed by atoms with Crippen molar-refractivity contribution in [3.05, 3.63) is 108 Å². The molecule has 0 saturated carbocycles. The van der Waals surface area contributed by atoms with Crippen LogP contribution in [-0.2, 0) is 9.59 Å². The lowest BCUT2D eigenvalue weighted by Gasteiger charge is -2.21. The lowest BCUT2D eigenvalue weighted by Crippen LogP contribution is -2.36. The van der Waals surface area contributed by atoms with E-state index < -0.39 is 11.1 Å². The number of hydrogen-bond donors (Lipinski definition) is 1. The van der Waals surface area contributed by atoms with Gasteiger partial charge in [0.15, 0.2) is 5.17 Å². The molecule has 0 aliphatic carbocycles. The van der Waals surface area contributed by atoms with Gasteiger partial charge < -0.3 is 5.32 Å². The van der Waals surface area contributed by atoms with Crippen LogP contribution in [0, 0.1) is 5.82 Å². The fourth-order valence-corrected chi connectivity index (χ4v) is 4.40. The van der Waals surface area contributed by atoms with E-state index in [1.165, 1.54) is 40.9 Å². The zero-order chi connectivity index (χ0) is 24.1. The largest absolute Gasteiger partial charge is 0.349 e. The average Bonchev–Trinajstić information content (AvgIpc) is 3.15. The molecule has 34 heavy (non-hydrogen) atoms. The van der Waals surface area contributed by atoms with E-state index in [1.54, 1.807) is 13.0 Å². The topological polar surface area (TPSA) is 61.8 Å². The number of rotatable bonds is 6. The number of carbonyl (C=O) groups is 2. The Morgan fingerprint density at radius 3 is 2.24 bits per heavy atom. The van der Waals surface area contributed by atoms with Crippen molar-refractivity contribution in [3.8, 4) is 0 Å². The Morgan fingerprint density at radius 1 is 0.971 bits per heavy atom. The minimum Gasteiger partial charge on any atom is -0.349 e. The first kappa shape index (κ1) is 23.4. The van der Waals surface area contributed by atoms with E-state index in [0.29, 0.717) is 10.9 Å². The molecule has 172 valence electrons. The van der Waals surface area contributed by atoms with E-state index in [0.717, 1.165) is 11.1 Å². The van der Waals surface area contributed by atoms with Crippen LogP contribution in [-0.4, -0.2) is 22.2 Å². The smallest absolute Gasteiger partial charge is 0.283 e. The summed E-state index contributed by atoms with van der Waals surface area (Å²) in [6, 6.07) is 24.6. The van der Waals surface area contributed by atoms with Crippen LogP contribution < -0.4 is 10.2 Å². The molecule has 1 aliphatic rings. The summed E-state index contributed by atoms with van der Waals surface area (Å²) in [4.78, 5) is 32.1. The molecule has 1 heterocycles. The van der Waals surface area contributed by atoms with Crippen LogP contribution in [0.25, 0.3) is 6.08 Å². The number of amidine groups is 1. The second-order valence-corrected chi connectivity index (χ2v) is 9.16. The quantitative estimate of drug-likeness (QED) is 0.476. The van der Waals surface area contributed by atoms with Crippen molar-refractivity contribution in [3.63, 3.8) is 0 Å². The summed E-state index contributed by atoms with van der Waals surface area (Å²) in [6.07, 6.45) is 1.70. The molecule has 4 rings (SSSR count). The van der Waals surface area contributed by atoms with Crippen molar-refractivity contribution in [2.45, 2.75) is 25.1 Å². The number of halogens is 1. The molecule has 0 spiro atoms. The van der Waals surface area contributed by atoms with Crippen LogP contribution in [0.2, 0.25) is 0 Å². The number of thioether (sulfide) groups is 1. The lowest BCUT2D eigenvalue weighted by molar-refractivity contribution is -0.121. The Bertz CT molecular complexity index is 1230. The molecular weight excluding hydrogens is 449 g/mol. The third kappa shape index (κ3) is 5.43. The number of anilines is 1. The normalized spacial score (nSPS) is 16.3. The molecule has 0 saturated heterocycles. The third-order valence-electron chi connectivity index (χ3n) is 5.33. The van der Waals surface area contributed by atoms with Gasteiger partial charge in [-0.15, -0.1) is 0 Å². The van der Waals surface area contributed by atoms with E-state index >= 15 is 0 Å². The Balaban J connectivity index is 1.57. The molecule has 2 amide bonds. The SMILES string of the molecule is CC(SC1=N/C(=C\c2ccccc2)C(=O)N1c1ccc(F)cc1)C(=O)NC(C)c1ccccc1. The van der Waals surface area contributed by atoms with Gasteiger partial charge in [-0.05, 0) is 55.3 Å². The first-order valence-corrected chi connectivity index (χ1v) is 11.8. The molecule has 2 atom stereocenters. The van der Waals surface area contributed by atoms with Gasteiger partial charge in [-0.25, -0.2) is 9.38 Å². The monoisotopic (exact) mass is 473 g/mol. The number of hydrogen-bond acceptors (Lipinski definition) is 4. The minimum atomic E-state index is -0.517. The summed E-state index contributed by atoms with van der Waals surface area (Å²) in [7, 11) is 0. The van der Waals surface area contributed by atoms with Crippen molar-refractivity contribution in [2.24, 2.45) is 4.99 Å². The summed E-state index contributed by atoms with van der Waals surface area (Å²) >= 11 is 1.19. The van der Waals surface area contributed by atoms with Gasteiger partial charge in [0.2, 0.25) is 5.91 Å². The van der Waals surface area contributed by atoms with E-state index in [4.69, 9.17) is 0 Å². The number of nitrogens with zero attached hydrogens (tertiary/aromatic N) is 2. The van der Waals surface area contributed by atoms with Gasteiger partial charge in [0.1, 0.15) is 11.5 Å². The standard InChI is InChI=1S/C27H24FN3O2S/c1-18(21-11-7-4-8-12-21)29-25(32)19(2)34-27-30-24(17-20-9-5-3-6-10-20)26(33)31(27)23-15-13-22(28)14-16-23/h3-19H,1-2H3,(H,29,32)/b24-17-. The van der Waals surface area contributed by atoms with Crippen molar-refractivity contribution in [2.75, 3.05) is 4.90 Å². The Morgan fingerprint density at radius 2 is 1.59 bits per heavy atom. The molecule has 7 heteroatoms. The second kappa shape index (κ2) is 10.5. The number of nitrogens with one attached hydrogen (secondary N) is 1. The van der Waals surface area contributed by atoms with Gasteiger partial charge in [0, 0.05) is 0 Å². The average molecular weight is 474 g/mol. The van der Waals surface area contributed by atoms with Gasteiger partial charge in [-0.1, -0.05) is 72.4 Å². The maximum Gasteiger partial charge on any atom is 0.283 e. The number of aliphatic imine (C=N–C) groups is 1. The van der Waals surface area contributed by atoms with Crippen molar-refractivity contribution >= 4 is 40.5 Å². The van der Waals surface area contributed by atoms with Crippen molar-refractivity contribution in [1.82, 2.24) is 5.32 Å². The van der Waals surface area contributed by atoms with E-state index in [-0.39, 0.29) is 23.6 Å². The van der Waals surface area contributed by atoms with Crippen LogP contribution in [0.4, 0.5) is 10.1 Å². The molecule has 0 aromatic heterocycles. The second-order valence-electron chi connectivity index (χ2n) is 7.85. The van der Waals surface area contributed by atoms with E-state index in [9.17, 15) is 14.0 Å². The fraction of sp³-hybridized carbons (Fsp3) is 0.148. The van der Waals surface area contributed by atoms with Crippen LogP contribution in [0.15, 0.2) is 95.6 Å². The van der Waals surface area contributed by atoms with Gasteiger partial charge in [-0.3, -0.25) is 14.5 Å². The summed E-state index contributed by atoms with van der Waals surface area (Å²) in [5.74, 6) is -0.900. The van der Waals surface area contributed by atoms with Gasteiger partial charge in [0.25, 0.3) is 5.91 Å².